The molecule has 0 amide bonds. The molecular formula is C12H17N5O6. The van der Waals surface area contributed by atoms with Crippen molar-refractivity contribution >= 4 is 17.0 Å². The van der Waals surface area contributed by atoms with E-state index >= 15 is 0 Å². The molecule has 23 heavy (non-hydrogen) atoms. The van der Waals surface area contributed by atoms with Crippen LogP contribution >= 0.6 is 0 Å². The number of aliphatic hydroxyl groups excluding tert-OH is 4. The zero-order valence-corrected chi connectivity index (χ0v) is 12.0. The first-order valence-corrected chi connectivity index (χ1v) is 6.93. The van der Waals surface area contributed by atoms with E-state index < -0.39 is 31.1 Å². The second-order valence-corrected chi connectivity index (χ2v) is 5.02. The summed E-state index contributed by atoms with van der Waals surface area (Å²) in [5.74, 6) is 0.0634. The number of aromatic nitrogens is 4. The largest absolute Gasteiger partial charge is 0.461 e. The highest BCUT2D eigenvalue weighted by atomic mass is 16.6. The van der Waals surface area contributed by atoms with Crippen molar-refractivity contribution in [3.05, 3.63) is 6.33 Å². The van der Waals surface area contributed by atoms with Gasteiger partial charge in [-0.3, -0.25) is 4.57 Å². The van der Waals surface area contributed by atoms with Gasteiger partial charge < -0.3 is 35.6 Å². The second kappa shape index (κ2) is 6.22. The van der Waals surface area contributed by atoms with Gasteiger partial charge in [0.2, 0.25) is 0 Å². The third-order valence-corrected chi connectivity index (χ3v) is 3.54. The third kappa shape index (κ3) is 2.68. The van der Waals surface area contributed by atoms with Crippen LogP contribution in [-0.4, -0.2) is 78.1 Å². The fourth-order valence-electron chi connectivity index (χ4n) is 2.42. The second-order valence-electron chi connectivity index (χ2n) is 5.02. The summed E-state index contributed by atoms with van der Waals surface area (Å²) in [7, 11) is 0. The number of nitrogen functional groups attached to an aromatic ring is 1. The number of fused-ring (bicyclic) bond motifs is 1. The Morgan fingerprint density at radius 1 is 1.26 bits per heavy atom. The number of nitrogens with zero attached hydrogens (tertiary/aromatic N) is 4. The number of imidazole rings is 1. The van der Waals surface area contributed by atoms with Gasteiger partial charge in [0, 0.05) is 0 Å². The lowest BCUT2D eigenvalue weighted by Gasteiger charge is -2.16. The van der Waals surface area contributed by atoms with Crippen molar-refractivity contribution in [2.45, 2.75) is 24.5 Å². The highest BCUT2D eigenvalue weighted by Crippen LogP contribution is 2.32. The molecule has 0 unspecified atom stereocenters. The van der Waals surface area contributed by atoms with Crippen LogP contribution in [0.25, 0.3) is 11.2 Å². The zero-order chi connectivity index (χ0) is 16.6. The molecule has 11 nitrogen and oxygen atoms in total. The average molecular weight is 327 g/mol. The van der Waals surface area contributed by atoms with Crippen LogP contribution in [0.15, 0.2) is 6.33 Å². The van der Waals surface area contributed by atoms with Gasteiger partial charge >= 0.3 is 6.01 Å². The van der Waals surface area contributed by atoms with Gasteiger partial charge in [0.15, 0.2) is 23.2 Å². The maximum absolute atomic E-state index is 10.1. The number of hydrogen-bond acceptors (Lipinski definition) is 10. The minimum absolute atomic E-state index is 0.00701. The van der Waals surface area contributed by atoms with E-state index in [0.717, 1.165) is 0 Å². The fraction of sp³-hybridized carbons (Fsp3) is 0.583. The predicted molar refractivity (Wildman–Crippen MR) is 75.3 cm³/mol. The van der Waals surface area contributed by atoms with E-state index in [4.69, 9.17) is 25.4 Å². The molecule has 0 aliphatic carbocycles. The molecule has 3 rings (SSSR count). The molecule has 0 bridgehead atoms. The summed E-state index contributed by atoms with van der Waals surface area (Å²) < 4.78 is 12.0. The summed E-state index contributed by atoms with van der Waals surface area (Å²) in [4.78, 5) is 12.1. The summed E-state index contributed by atoms with van der Waals surface area (Å²) in [5.41, 5.74) is 6.31. The number of rotatable bonds is 5. The molecule has 0 aromatic carbocycles. The quantitative estimate of drug-likeness (QED) is 0.392. The number of aliphatic hydroxyl groups is 4. The SMILES string of the molecule is Nc1nc(OCCO)nc2c1ncn2[C@@H]1O[C@H](CO)[C@@H](O)[C@H]1O. The molecule has 6 N–H and O–H groups in total. The highest BCUT2D eigenvalue weighted by Gasteiger charge is 2.44. The Morgan fingerprint density at radius 3 is 2.70 bits per heavy atom. The molecule has 2 aromatic heterocycles. The normalized spacial score (nSPS) is 27.7. The number of nitrogens with two attached hydrogens (primary N) is 1. The molecular weight excluding hydrogens is 310 g/mol. The molecule has 1 saturated heterocycles. The Bertz CT molecular complexity index is 694. The Kier molecular flexibility index (Phi) is 4.28. The number of anilines is 1. The lowest BCUT2D eigenvalue weighted by molar-refractivity contribution is -0.0511. The predicted octanol–water partition coefficient (Wildman–Crippen LogP) is -2.61. The Hall–Kier alpha value is -2.05. The maximum atomic E-state index is 10.1. The summed E-state index contributed by atoms with van der Waals surface area (Å²) in [6, 6.07) is -0.0578. The van der Waals surface area contributed by atoms with E-state index in [9.17, 15) is 10.2 Å². The van der Waals surface area contributed by atoms with Crippen LogP contribution in [0.5, 0.6) is 6.01 Å². The van der Waals surface area contributed by atoms with Crippen molar-refractivity contribution in [3.63, 3.8) is 0 Å². The maximum Gasteiger partial charge on any atom is 0.320 e. The van der Waals surface area contributed by atoms with E-state index in [0.29, 0.717) is 0 Å². The third-order valence-electron chi connectivity index (χ3n) is 3.54. The van der Waals surface area contributed by atoms with Gasteiger partial charge in [-0.25, -0.2) is 4.98 Å². The van der Waals surface area contributed by atoms with E-state index in [1.165, 1.54) is 10.9 Å². The Balaban J connectivity index is 1.99. The van der Waals surface area contributed by atoms with Crippen LogP contribution in [0.3, 0.4) is 0 Å². The van der Waals surface area contributed by atoms with Gasteiger partial charge in [0.1, 0.15) is 24.9 Å². The van der Waals surface area contributed by atoms with E-state index in [1.807, 2.05) is 0 Å². The van der Waals surface area contributed by atoms with Crippen molar-refractivity contribution in [2.24, 2.45) is 0 Å². The first-order valence-electron chi connectivity index (χ1n) is 6.93. The summed E-state index contributed by atoms with van der Waals surface area (Å²) in [5, 5.41) is 37.9. The highest BCUT2D eigenvalue weighted by molar-refractivity contribution is 5.82. The molecule has 1 fully saturated rings. The Morgan fingerprint density at radius 2 is 2.04 bits per heavy atom. The van der Waals surface area contributed by atoms with E-state index in [2.05, 4.69) is 15.0 Å². The molecule has 1 aliphatic rings. The summed E-state index contributed by atoms with van der Waals surface area (Å²) >= 11 is 0. The van der Waals surface area contributed by atoms with Crippen LogP contribution in [0.2, 0.25) is 0 Å². The fourth-order valence-corrected chi connectivity index (χ4v) is 2.42. The van der Waals surface area contributed by atoms with Crippen molar-refractivity contribution in [3.8, 4) is 6.01 Å². The van der Waals surface area contributed by atoms with Crippen LogP contribution in [0, 0.1) is 0 Å². The topological polar surface area (TPSA) is 169 Å². The van der Waals surface area contributed by atoms with Gasteiger partial charge in [-0.2, -0.15) is 9.97 Å². The van der Waals surface area contributed by atoms with Crippen molar-refractivity contribution in [1.82, 2.24) is 19.5 Å². The molecule has 0 radical (unpaired) electrons. The van der Waals surface area contributed by atoms with Crippen molar-refractivity contribution in [2.75, 3.05) is 25.6 Å². The van der Waals surface area contributed by atoms with Crippen molar-refractivity contribution < 1.29 is 29.9 Å². The van der Waals surface area contributed by atoms with Gasteiger partial charge in [-0.05, 0) is 0 Å². The minimum atomic E-state index is -1.28. The minimum Gasteiger partial charge on any atom is -0.461 e. The van der Waals surface area contributed by atoms with Crippen LogP contribution in [0.4, 0.5) is 5.82 Å². The van der Waals surface area contributed by atoms with Gasteiger partial charge in [-0.1, -0.05) is 0 Å². The molecule has 0 spiro atoms. The van der Waals surface area contributed by atoms with Crippen LogP contribution in [-0.2, 0) is 4.74 Å². The summed E-state index contributed by atoms with van der Waals surface area (Å²) in [6.07, 6.45) is -3.09. The van der Waals surface area contributed by atoms with Gasteiger partial charge in [0.05, 0.1) is 19.5 Å². The first kappa shape index (κ1) is 15.8. The lowest BCUT2D eigenvalue weighted by atomic mass is 10.1. The first-order chi connectivity index (χ1) is 11.1. The van der Waals surface area contributed by atoms with E-state index in [-0.39, 0.29) is 36.2 Å². The van der Waals surface area contributed by atoms with Gasteiger partial charge in [-0.15, -0.1) is 0 Å². The number of hydrogen-bond donors (Lipinski definition) is 5. The molecule has 126 valence electrons. The van der Waals surface area contributed by atoms with Gasteiger partial charge in [0.25, 0.3) is 0 Å². The Labute approximate surface area is 129 Å². The lowest BCUT2D eigenvalue weighted by Crippen LogP contribution is -2.33. The monoisotopic (exact) mass is 327 g/mol. The van der Waals surface area contributed by atoms with Crippen LogP contribution in [0.1, 0.15) is 6.23 Å². The standard InChI is InChI=1S/C12H17N5O6/c13-9-6-10(16-12(15-9)22-2-1-18)17(4-14-6)11-8(21)7(20)5(3-19)23-11/h4-5,7-8,11,18-21H,1-3H2,(H2,13,15,16)/t5-,7-,8-,11-/m1/s1. The molecule has 0 saturated carbocycles. The van der Waals surface area contributed by atoms with E-state index in [1.54, 1.807) is 0 Å². The molecule has 1 aliphatic heterocycles. The molecule has 3 heterocycles. The molecule has 4 atom stereocenters. The van der Waals surface area contributed by atoms with Crippen molar-refractivity contribution in [1.29, 1.82) is 0 Å². The average Bonchev–Trinajstić information content (AvgIpc) is 3.08. The summed E-state index contributed by atoms with van der Waals surface area (Å²) in [6.45, 7) is -0.661. The molecule has 11 heteroatoms. The zero-order valence-electron chi connectivity index (χ0n) is 12.0. The van der Waals surface area contributed by atoms with Crippen LogP contribution < -0.4 is 10.5 Å². The smallest absolute Gasteiger partial charge is 0.320 e. The number of ether oxygens (including phenoxy) is 2. The molecule has 2 aromatic rings.